The largest absolute Gasteiger partial charge is 0.490 e. The van der Waals surface area contributed by atoms with Crippen LogP contribution in [0.3, 0.4) is 0 Å². The van der Waals surface area contributed by atoms with Gasteiger partial charge in [0.15, 0.2) is 0 Å². The minimum absolute atomic E-state index is 0.0379. The summed E-state index contributed by atoms with van der Waals surface area (Å²) in [7, 11) is -4.88. The van der Waals surface area contributed by atoms with Gasteiger partial charge in [-0.05, 0) is 46.7 Å². The van der Waals surface area contributed by atoms with E-state index >= 15 is 0 Å². The van der Waals surface area contributed by atoms with Crippen LogP contribution in [-0.2, 0) is 27.8 Å². The van der Waals surface area contributed by atoms with Crippen LogP contribution in [0.5, 0.6) is 0 Å². The van der Waals surface area contributed by atoms with Gasteiger partial charge < -0.3 is 15.7 Å². The Morgan fingerprint density at radius 2 is 1.61 bits per heavy atom. The number of aliphatic carboxylic acids is 1. The number of nitrogens with two attached hydrogens (primary N) is 1. The number of carboxylic acids is 1. The second kappa shape index (κ2) is 9.90. The quantitative estimate of drug-likeness (QED) is 0.337. The molecule has 0 saturated carbocycles. The van der Waals surface area contributed by atoms with Crippen molar-refractivity contribution in [2.75, 3.05) is 18.0 Å². The number of fused-ring (bicyclic) bond motifs is 3. The van der Waals surface area contributed by atoms with Gasteiger partial charge in [0.2, 0.25) is 0 Å². The van der Waals surface area contributed by atoms with Gasteiger partial charge in [0, 0.05) is 25.6 Å². The molecular formula is C22H22F6N2O5S. The summed E-state index contributed by atoms with van der Waals surface area (Å²) < 4.78 is 106. The van der Waals surface area contributed by atoms with Crippen LogP contribution in [0.15, 0.2) is 35.2 Å². The lowest BCUT2D eigenvalue weighted by molar-refractivity contribution is -0.192. The van der Waals surface area contributed by atoms with Crippen molar-refractivity contribution in [2.24, 2.45) is 5.73 Å². The minimum Gasteiger partial charge on any atom is -0.475 e. The van der Waals surface area contributed by atoms with Crippen molar-refractivity contribution in [2.45, 2.75) is 49.0 Å². The Balaban J connectivity index is 0.000000454. The first kappa shape index (κ1) is 27.7. The van der Waals surface area contributed by atoms with Gasteiger partial charge in [0.05, 0.1) is 12.1 Å². The highest BCUT2D eigenvalue weighted by atomic mass is 32.2. The van der Waals surface area contributed by atoms with Crippen molar-refractivity contribution in [1.29, 1.82) is 0 Å². The van der Waals surface area contributed by atoms with Crippen molar-refractivity contribution in [3.8, 4) is 11.1 Å². The maximum absolute atomic E-state index is 13.3. The van der Waals surface area contributed by atoms with E-state index in [9.17, 15) is 39.3 Å². The summed E-state index contributed by atoms with van der Waals surface area (Å²) in [5.41, 5.74) is 8.66. The molecule has 14 heteroatoms. The summed E-state index contributed by atoms with van der Waals surface area (Å²) in [5, 5.41) is 7.12. The Hall–Kier alpha value is -2.84. The second-order valence-corrected chi connectivity index (χ2v) is 9.83. The maximum Gasteiger partial charge on any atom is 0.490 e. The van der Waals surface area contributed by atoms with Crippen LogP contribution in [0.25, 0.3) is 11.1 Å². The summed E-state index contributed by atoms with van der Waals surface area (Å²) in [6, 6.07) is 8.57. The van der Waals surface area contributed by atoms with E-state index in [1.807, 2.05) is 18.2 Å². The van der Waals surface area contributed by atoms with Gasteiger partial charge in [-0.15, -0.1) is 0 Å². The highest BCUT2D eigenvalue weighted by molar-refractivity contribution is 7.86. The zero-order valence-corrected chi connectivity index (χ0v) is 19.3. The number of halogens is 6. The molecule has 0 amide bonds. The van der Waals surface area contributed by atoms with Gasteiger partial charge in [0.1, 0.15) is 4.90 Å². The molecule has 1 aliphatic carbocycles. The second-order valence-electron chi connectivity index (χ2n) is 8.47. The highest BCUT2D eigenvalue weighted by Crippen LogP contribution is 2.47. The molecule has 198 valence electrons. The molecule has 1 fully saturated rings. The maximum atomic E-state index is 13.3. The first-order chi connectivity index (χ1) is 16.5. The third-order valence-electron chi connectivity index (χ3n) is 5.86. The van der Waals surface area contributed by atoms with E-state index < -0.39 is 45.3 Å². The summed E-state index contributed by atoms with van der Waals surface area (Å²) in [6.07, 6.45) is -9.55. The molecule has 36 heavy (non-hydrogen) atoms. The first-order valence-electron chi connectivity index (χ1n) is 10.6. The van der Waals surface area contributed by atoms with Gasteiger partial charge in [-0.1, -0.05) is 24.3 Å². The molecule has 4 N–H and O–H groups in total. The van der Waals surface area contributed by atoms with Crippen molar-refractivity contribution in [3.63, 3.8) is 0 Å². The van der Waals surface area contributed by atoms with Gasteiger partial charge >= 0.3 is 18.3 Å². The Morgan fingerprint density at radius 1 is 1.06 bits per heavy atom. The molecule has 0 radical (unpaired) electrons. The van der Waals surface area contributed by atoms with Crippen molar-refractivity contribution < 1.29 is 49.2 Å². The number of rotatable bonds is 3. The molecule has 2 aliphatic rings. The van der Waals surface area contributed by atoms with Crippen LogP contribution >= 0.6 is 0 Å². The van der Waals surface area contributed by atoms with E-state index in [2.05, 4.69) is 0 Å². The van der Waals surface area contributed by atoms with Gasteiger partial charge in [-0.2, -0.15) is 34.8 Å². The van der Waals surface area contributed by atoms with Crippen LogP contribution in [0.1, 0.15) is 29.5 Å². The fraction of sp³-hybridized carbons (Fsp3) is 0.409. The van der Waals surface area contributed by atoms with Crippen LogP contribution in [0.4, 0.5) is 32.0 Å². The normalized spacial score (nSPS) is 16.2. The molecule has 4 rings (SSSR count). The number of carbonyl (C=O) groups is 1. The molecule has 2 aromatic rings. The third kappa shape index (κ3) is 6.28. The molecule has 1 aliphatic heterocycles. The van der Waals surface area contributed by atoms with E-state index in [1.165, 1.54) is 6.07 Å². The fourth-order valence-electron chi connectivity index (χ4n) is 4.38. The van der Waals surface area contributed by atoms with E-state index in [1.54, 1.807) is 11.0 Å². The number of carboxylic acid groups (broad SMARTS) is 1. The molecule has 0 unspecified atom stereocenters. The van der Waals surface area contributed by atoms with Gasteiger partial charge in [-0.25, -0.2) is 4.79 Å². The summed E-state index contributed by atoms with van der Waals surface area (Å²) in [5.74, 6) is -2.76. The van der Waals surface area contributed by atoms with Crippen molar-refractivity contribution in [3.05, 3.63) is 47.0 Å². The molecule has 1 heterocycles. The number of benzene rings is 2. The number of hydrogen-bond acceptors (Lipinski definition) is 5. The highest BCUT2D eigenvalue weighted by Gasteiger charge is 2.39. The lowest BCUT2D eigenvalue weighted by Gasteiger charge is -2.35. The fourth-order valence-corrected chi connectivity index (χ4v) is 5.34. The number of anilines is 1. The van der Waals surface area contributed by atoms with Gasteiger partial charge in [0.25, 0.3) is 10.1 Å². The molecule has 7 nitrogen and oxygen atoms in total. The smallest absolute Gasteiger partial charge is 0.475 e. The lowest BCUT2D eigenvalue weighted by atomic mass is 9.96. The zero-order chi connectivity index (χ0) is 27.1. The average molecular weight is 540 g/mol. The topological polar surface area (TPSA) is 121 Å². The van der Waals surface area contributed by atoms with E-state index in [0.29, 0.717) is 43.5 Å². The number of nitrogens with zero attached hydrogens (tertiary/aromatic N) is 1. The molecule has 0 atom stereocenters. The van der Waals surface area contributed by atoms with E-state index in [0.717, 1.165) is 11.1 Å². The van der Waals surface area contributed by atoms with E-state index in [-0.39, 0.29) is 11.7 Å². The molecule has 0 aromatic heterocycles. The number of alkyl halides is 6. The van der Waals surface area contributed by atoms with Crippen LogP contribution < -0.4 is 10.6 Å². The van der Waals surface area contributed by atoms with E-state index in [4.69, 9.17) is 15.6 Å². The molecule has 0 spiro atoms. The summed E-state index contributed by atoms with van der Waals surface area (Å²) >= 11 is 0. The molecular weight excluding hydrogens is 518 g/mol. The minimum atomic E-state index is -5.08. The van der Waals surface area contributed by atoms with Crippen LogP contribution in [0, 0.1) is 0 Å². The van der Waals surface area contributed by atoms with Crippen LogP contribution in [-0.4, -0.2) is 55.5 Å². The van der Waals surface area contributed by atoms with Crippen molar-refractivity contribution >= 4 is 21.8 Å². The van der Waals surface area contributed by atoms with Crippen molar-refractivity contribution in [1.82, 2.24) is 0 Å². The Bertz CT molecular complexity index is 1250. The SMILES string of the molecule is NC1CCN(c2c3c(cc(CC(F)(F)F)c2S(=O)(=O)O)-c2ccccc2C3)CC1.O=C(O)C(F)(F)F. The van der Waals surface area contributed by atoms with Gasteiger partial charge in [-0.3, -0.25) is 4.55 Å². The lowest BCUT2D eigenvalue weighted by Crippen LogP contribution is -2.40. The summed E-state index contributed by atoms with van der Waals surface area (Å²) in [4.78, 5) is 10.0. The molecule has 1 saturated heterocycles. The average Bonchev–Trinajstić information content (AvgIpc) is 3.10. The zero-order valence-electron chi connectivity index (χ0n) is 18.5. The Labute approximate surface area is 202 Å². The Kier molecular flexibility index (Phi) is 7.63. The molecule has 2 aromatic carbocycles. The first-order valence-corrected chi connectivity index (χ1v) is 12.0. The Morgan fingerprint density at radius 3 is 2.11 bits per heavy atom. The third-order valence-corrected chi connectivity index (χ3v) is 6.83. The number of piperidine rings is 1. The number of hydrogen-bond donors (Lipinski definition) is 3. The predicted molar refractivity (Wildman–Crippen MR) is 117 cm³/mol. The monoisotopic (exact) mass is 540 g/mol. The summed E-state index contributed by atoms with van der Waals surface area (Å²) in [6.45, 7) is 0.837. The standard InChI is InChI=1S/C20H21F3N2O3S.C2HF3O2/c21-20(22,23)11-13-10-16-15-4-2-1-3-12(15)9-17(16)18(19(13)29(26,27)28)25-7-5-14(24)6-8-25;3-2(4,5)1(6)7/h1-4,10,14H,5-9,11,24H2,(H,26,27,28);(H,6,7). The molecule has 0 bridgehead atoms. The van der Waals surface area contributed by atoms with Crippen LogP contribution in [0.2, 0.25) is 0 Å². The predicted octanol–water partition coefficient (Wildman–Crippen LogP) is 4.17.